The molecular formula is C14H16N2. The number of nitrogens with two attached hydrogens (primary N) is 1. The van der Waals surface area contributed by atoms with E-state index in [1.54, 1.807) is 0 Å². The fraction of sp³-hybridized carbons (Fsp3) is 0.214. The standard InChI is InChI=1S/C14H16N2/c1-2-11-3-6-13(7-4-11)14-8-5-12(9-15)10-16-14/h3-8,10H,2,9,15H2,1H3. The highest BCUT2D eigenvalue weighted by Gasteiger charge is 1.99. The molecule has 0 saturated heterocycles. The van der Waals surface area contributed by atoms with Gasteiger partial charge in [-0.25, -0.2) is 0 Å². The van der Waals surface area contributed by atoms with Crippen LogP contribution in [0, 0.1) is 0 Å². The molecule has 1 aromatic heterocycles. The average Bonchev–Trinajstić information content (AvgIpc) is 2.39. The largest absolute Gasteiger partial charge is 0.326 e. The molecule has 16 heavy (non-hydrogen) atoms. The molecule has 0 unspecified atom stereocenters. The molecule has 2 rings (SSSR count). The van der Waals surface area contributed by atoms with Gasteiger partial charge in [0.15, 0.2) is 0 Å². The first-order valence-electron chi connectivity index (χ1n) is 5.57. The third-order valence-electron chi connectivity index (χ3n) is 2.72. The molecule has 2 nitrogen and oxygen atoms in total. The van der Waals surface area contributed by atoms with Crippen LogP contribution >= 0.6 is 0 Å². The monoisotopic (exact) mass is 212 g/mol. The Bertz CT molecular complexity index is 398. The number of nitrogens with zero attached hydrogens (tertiary/aromatic N) is 1. The van der Waals surface area contributed by atoms with E-state index in [2.05, 4.69) is 36.2 Å². The van der Waals surface area contributed by atoms with E-state index >= 15 is 0 Å². The Morgan fingerprint density at radius 1 is 1.00 bits per heavy atom. The fourth-order valence-electron chi connectivity index (χ4n) is 1.63. The second-order valence-electron chi connectivity index (χ2n) is 3.81. The Labute approximate surface area is 96.1 Å². The van der Waals surface area contributed by atoms with Gasteiger partial charge in [-0.05, 0) is 23.6 Å². The summed E-state index contributed by atoms with van der Waals surface area (Å²) in [6.45, 7) is 2.70. The van der Waals surface area contributed by atoms with E-state index in [0.717, 1.165) is 23.2 Å². The molecular weight excluding hydrogens is 196 g/mol. The summed E-state index contributed by atoms with van der Waals surface area (Å²) in [6, 6.07) is 12.6. The van der Waals surface area contributed by atoms with Gasteiger partial charge < -0.3 is 5.73 Å². The molecule has 0 atom stereocenters. The van der Waals surface area contributed by atoms with Gasteiger partial charge in [0, 0.05) is 18.3 Å². The minimum Gasteiger partial charge on any atom is -0.326 e. The number of hydrogen-bond donors (Lipinski definition) is 1. The highest BCUT2D eigenvalue weighted by atomic mass is 14.7. The number of benzene rings is 1. The number of aromatic nitrogens is 1. The predicted octanol–water partition coefficient (Wildman–Crippen LogP) is 2.77. The summed E-state index contributed by atoms with van der Waals surface area (Å²) in [6.07, 6.45) is 2.91. The Morgan fingerprint density at radius 3 is 2.19 bits per heavy atom. The fourth-order valence-corrected chi connectivity index (χ4v) is 1.63. The van der Waals surface area contributed by atoms with E-state index in [4.69, 9.17) is 5.73 Å². The first-order chi connectivity index (χ1) is 7.83. The van der Waals surface area contributed by atoms with Gasteiger partial charge in [0.25, 0.3) is 0 Å². The number of pyridine rings is 1. The Balaban J connectivity index is 2.28. The van der Waals surface area contributed by atoms with Crippen molar-refractivity contribution in [1.82, 2.24) is 4.98 Å². The SMILES string of the molecule is CCc1ccc(-c2ccc(CN)cn2)cc1. The first kappa shape index (κ1) is 10.8. The van der Waals surface area contributed by atoms with Crippen LogP contribution in [0.5, 0.6) is 0 Å². The van der Waals surface area contributed by atoms with E-state index in [9.17, 15) is 0 Å². The third-order valence-corrected chi connectivity index (χ3v) is 2.72. The zero-order valence-electron chi connectivity index (χ0n) is 9.48. The molecule has 2 heteroatoms. The van der Waals surface area contributed by atoms with Gasteiger partial charge in [0.1, 0.15) is 0 Å². The molecule has 0 bridgehead atoms. The molecule has 0 aliphatic carbocycles. The van der Waals surface area contributed by atoms with Crippen molar-refractivity contribution in [2.75, 3.05) is 0 Å². The molecule has 0 radical (unpaired) electrons. The van der Waals surface area contributed by atoms with Crippen molar-refractivity contribution < 1.29 is 0 Å². The molecule has 2 aromatic rings. The Hall–Kier alpha value is -1.67. The molecule has 0 aliphatic heterocycles. The summed E-state index contributed by atoms with van der Waals surface area (Å²) in [5.74, 6) is 0. The van der Waals surface area contributed by atoms with Gasteiger partial charge in [0.2, 0.25) is 0 Å². The molecule has 82 valence electrons. The van der Waals surface area contributed by atoms with Crippen molar-refractivity contribution in [1.29, 1.82) is 0 Å². The maximum absolute atomic E-state index is 5.54. The van der Waals surface area contributed by atoms with Crippen LogP contribution < -0.4 is 5.73 Å². The minimum atomic E-state index is 0.544. The lowest BCUT2D eigenvalue weighted by molar-refractivity contribution is 1.05. The van der Waals surface area contributed by atoms with Crippen molar-refractivity contribution in [3.63, 3.8) is 0 Å². The molecule has 1 heterocycles. The van der Waals surface area contributed by atoms with Crippen molar-refractivity contribution in [2.45, 2.75) is 19.9 Å². The predicted molar refractivity (Wildman–Crippen MR) is 66.9 cm³/mol. The van der Waals surface area contributed by atoms with Crippen LogP contribution in [0.3, 0.4) is 0 Å². The Kier molecular flexibility index (Phi) is 3.32. The van der Waals surface area contributed by atoms with E-state index in [1.165, 1.54) is 5.56 Å². The first-order valence-corrected chi connectivity index (χ1v) is 5.57. The van der Waals surface area contributed by atoms with Crippen LogP contribution in [-0.4, -0.2) is 4.98 Å². The lowest BCUT2D eigenvalue weighted by Gasteiger charge is -2.03. The summed E-state index contributed by atoms with van der Waals surface area (Å²) in [5, 5.41) is 0. The summed E-state index contributed by atoms with van der Waals surface area (Å²) < 4.78 is 0. The topological polar surface area (TPSA) is 38.9 Å². The van der Waals surface area contributed by atoms with Crippen LogP contribution in [0.25, 0.3) is 11.3 Å². The highest BCUT2D eigenvalue weighted by Crippen LogP contribution is 2.17. The third kappa shape index (κ3) is 2.28. The second kappa shape index (κ2) is 4.90. The Morgan fingerprint density at radius 2 is 1.69 bits per heavy atom. The zero-order valence-corrected chi connectivity index (χ0v) is 9.48. The van der Waals surface area contributed by atoms with Crippen LogP contribution in [-0.2, 0) is 13.0 Å². The average molecular weight is 212 g/mol. The zero-order chi connectivity index (χ0) is 11.4. The van der Waals surface area contributed by atoms with Gasteiger partial charge in [-0.2, -0.15) is 0 Å². The molecule has 0 fully saturated rings. The molecule has 0 amide bonds. The summed E-state index contributed by atoms with van der Waals surface area (Å²) in [7, 11) is 0. The van der Waals surface area contributed by atoms with Crippen LogP contribution in [0.1, 0.15) is 18.1 Å². The van der Waals surface area contributed by atoms with E-state index in [1.807, 2.05) is 18.3 Å². The number of rotatable bonds is 3. The molecule has 0 aliphatic rings. The van der Waals surface area contributed by atoms with Gasteiger partial charge in [-0.15, -0.1) is 0 Å². The highest BCUT2D eigenvalue weighted by molar-refractivity contribution is 5.59. The summed E-state index contributed by atoms with van der Waals surface area (Å²) >= 11 is 0. The van der Waals surface area contributed by atoms with Gasteiger partial charge >= 0.3 is 0 Å². The van der Waals surface area contributed by atoms with Crippen LogP contribution in [0.4, 0.5) is 0 Å². The maximum Gasteiger partial charge on any atom is 0.0702 e. The van der Waals surface area contributed by atoms with E-state index < -0.39 is 0 Å². The normalized spacial score (nSPS) is 10.4. The van der Waals surface area contributed by atoms with Gasteiger partial charge in [-0.3, -0.25) is 4.98 Å². The molecule has 1 aromatic carbocycles. The molecule has 2 N–H and O–H groups in total. The number of aryl methyl sites for hydroxylation is 1. The van der Waals surface area contributed by atoms with E-state index in [-0.39, 0.29) is 0 Å². The molecule has 0 saturated carbocycles. The van der Waals surface area contributed by atoms with Gasteiger partial charge in [-0.1, -0.05) is 37.3 Å². The van der Waals surface area contributed by atoms with Gasteiger partial charge in [0.05, 0.1) is 5.69 Å². The molecule has 0 spiro atoms. The van der Waals surface area contributed by atoms with Crippen LogP contribution in [0.2, 0.25) is 0 Å². The van der Waals surface area contributed by atoms with Crippen molar-refractivity contribution in [2.24, 2.45) is 5.73 Å². The van der Waals surface area contributed by atoms with Crippen molar-refractivity contribution in [3.05, 3.63) is 53.7 Å². The lowest BCUT2D eigenvalue weighted by Crippen LogP contribution is -1.96. The smallest absolute Gasteiger partial charge is 0.0702 e. The minimum absolute atomic E-state index is 0.544. The maximum atomic E-state index is 5.54. The van der Waals surface area contributed by atoms with Crippen LogP contribution in [0.15, 0.2) is 42.6 Å². The van der Waals surface area contributed by atoms with E-state index in [0.29, 0.717) is 6.54 Å². The summed E-state index contributed by atoms with van der Waals surface area (Å²) in [5.41, 5.74) is 10.1. The lowest BCUT2D eigenvalue weighted by atomic mass is 10.1. The van der Waals surface area contributed by atoms with Crippen molar-refractivity contribution >= 4 is 0 Å². The quantitative estimate of drug-likeness (QED) is 0.849. The number of hydrogen-bond acceptors (Lipinski definition) is 2. The summed E-state index contributed by atoms with van der Waals surface area (Å²) in [4.78, 5) is 4.40. The van der Waals surface area contributed by atoms with Crippen molar-refractivity contribution in [3.8, 4) is 11.3 Å². The second-order valence-corrected chi connectivity index (χ2v) is 3.81.